The smallest absolute Gasteiger partial charge is 0.163 e. The Bertz CT molecular complexity index is 164. The Balaban J connectivity index is 3.05. The van der Waals surface area contributed by atoms with E-state index in [1.165, 1.54) is 38.5 Å². The number of hydrogen-bond donors (Lipinski definition) is 0. The molecule has 1 nitrogen and oxygen atoms in total. The van der Waals surface area contributed by atoms with Crippen LogP contribution in [0.1, 0.15) is 58.8 Å². The normalized spacial score (nSPS) is 10.7. The van der Waals surface area contributed by atoms with Gasteiger partial charge in [0.15, 0.2) is 5.05 Å². The van der Waals surface area contributed by atoms with E-state index in [0.717, 1.165) is 6.42 Å². The molecule has 0 fully saturated rings. The van der Waals surface area contributed by atoms with Gasteiger partial charge in [0.1, 0.15) is 0 Å². The van der Waals surface area contributed by atoms with Crippen LogP contribution in [0.2, 0.25) is 0 Å². The second-order valence-electron chi connectivity index (χ2n) is 3.54. The largest absolute Gasteiger partial charge is 0.459 e. The topological polar surface area (TPSA) is 9.23 Å². The van der Waals surface area contributed by atoms with Gasteiger partial charge in [-0.2, -0.15) is 0 Å². The van der Waals surface area contributed by atoms with E-state index in [9.17, 15) is 0 Å². The predicted molar refractivity (Wildman–Crippen MR) is 66.5 cm³/mol. The van der Waals surface area contributed by atoms with Crippen LogP contribution in [0.15, 0.2) is 12.3 Å². The highest BCUT2D eigenvalue weighted by atomic mass is 32.1. The van der Waals surface area contributed by atoms with Crippen LogP contribution >= 0.6 is 12.2 Å². The van der Waals surface area contributed by atoms with E-state index in [-0.39, 0.29) is 0 Å². The molecule has 0 radical (unpaired) electrons. The molecule has 0 spiro atoms. The lowest BCUT2D eigenvalue weighted by Gasteiger charge is -1.97. The molecule has 14 heavy (non-hydrogen) atoms. The second-order valence-corrected chi connectivity index (χ2v) is 4.11. The van der Waals surface area contributed by atoms with E-state index in [1.807, 2.05) is 0 Å². The Kier molecular flexibility index (Phi) is 10.4. The summed E-state index contributed by atoms with van der Waals surface area (Å²) in [4.78, 5) is 0. The number of hydrogen-bond acceptors (Lipinski definition) is 2. The lowest BCUT2D eigenvalue weighted by Crippen LogP contribution is -1.85. The maximum Gasteiger partial charge on any atom is 0.163 e. The van der Waals surface area contributed by atoms with Crippen molar-refractivity contribution in [2.24, 2.45) is 0 Å². The second kappa shape index (κ2) is 10.7. The summed E-state index contributed by atoms with van der Waals surface area (Å²) in [6.07, 6.45) is 12.9. The summed E-state index contributed by atoms with van der Waals surface area (Å²) in [5.41, 5.74) is 0. The summed E-state index contributed by atoms with van der Waals surface area (Å²) in [6, 6.07) is 0. The lowest BCUT2D eigenvalue weighted by atomic mass is 10.1. The van der Waals surface area contributed by atoms with Crippen molar-refractivity contribution in [1.29, 1.82) is 0 Å². The standard InChI is InChI=1S/C12H22OS/c1-3-4-5-6-7-8-9-10-11-13-12(2)14/h10-11H,3-9H2,1-2H3. The van der Waals surface area contributed by atoms with Crippen molar-refractivity contribution in [2.45, 2.75) is 58.8 Å². The van der Waals surface area contributed by atoms with Crippen LogP contribution in [0, 0.1) is 0 Å². The molecule has 0 saturated carbocycles. The van der Waals surface area contributed by atoms with Gasteiger partial charge < -0.3 is 4.74 Å². The third-order valence-electron chi connectivity index (χ3n) is 2.05. The van der Waals surface area contributed by atoms with Gasteiger partial charge in [0.2, 0.25) is 0 Å². The molecular weight excluding hydrogens is 192 g/mol. The molecule has 0 atom stereocenters. The van der Waals surface area contributed by atoms with E-state index < -0.39 is 0 Å². The SMILES string of the molecule is CCCCCCCCC=COC(C)=S. The highest BCUT2D eigenvalue weighted by Gasteiger charge is 1.88. The summed E-state index contributed by atoms with van der Waals surface area (Å²) in [6.45, 7) is 4.03. The number of thiocarbonyl (C=S) groups is 1. The first-order valence-electron chi connectivity index (χ1n) is 5.59. The third-order valence-corrected chi connectivity index (χ3v) is 2.15. The van der Waals surface area contributed by atoms with Crippen molar-refractivity contribution >= 4 is 17.3 Å². The van der Waals surface area contributed by atoms with Crippen molar-refractivity contribution in [3.05, 3.63) is 12.3 Å². The third kappa shape index (κ3) is 11.6. The number of allylic oxidation sites excluding steroid dienone is 1. The van der Waals surface area contributed by atoms with Crippen LogP contribution in [-0.2, 0) is 4.74 Å². The molecule has 0 amide bonds. The number of unbranched alkanes of at least 4 members (excludes halogenated alkanes) is 6. The molecule has 0 unspecified atom stereocenters. The first kappa shape index (κ1) is 13.6. The van der Waals surface area contributed by atoms with Gasteiger partial charge in [-0.3, -0.25) is 0 Å². The molecule has 0 saturated heterocycles. The first-order valence-corrected chi connectivity index (χ1v) is 6.00. The van der Waals surface area contributed by atoms with E-state index in [4.69, 9.17) is 17.0 Å². The zero-order valence-corrected chi connectivity index (χ0v) is 10.2. The quantitative estimate of drug-likeness (QED) is 0.331. The summed E-state index contributed by atoms with van der Waals surface area (Å²) in [7, 11) is 0. The van der Waals surface area contributed by atoms with Crippen molar-refractivity contribution in [1.82, 2.24) is 0 Å². The predicted octanol–water partition coefficient (Wildman–Crippen LogP) is 4.61. The van der Waals surface area contributed by atoms with E-state index in [1.54, 1.807) is 13.2 Å². The minimum absolute atomic E-state index is 0.587. The van der Waals surface area contributed by atoms with Crippen LogP contribution in [0.3, 0.4) is 0 Å². The van der Waals surface area contributed by atoms with Gasteiger partial charge in [-0.05, 0) is 31.1 Å². The average molecular weight is 214 g/mol. The number of rotatable bonds is 8. The lowest BCUT2D eigenvalue weighted by molar-refractivity contribution is 0.477. The minimum Gasteiger partial charge on any atom is -0.459 e. The molecule has 0 aromatic rings. The summed E-state index contributed by atoms with van der Waals surface area (Å²) in [5.74, 6) is 0. The minimum atomic E-state index is 0.587. The van der Waals surface area contributed by atoms with Gasteiger partial charge in [-0.25, -0.2) is 0 Å². The van der Waals surface area contributed by atoms with Gasteiger partial charge in [0.25, 0.3) is 0 Å². The zero-order chi connectivity index (χ0) is 10.6. The molecule has 0 aliphatic rings. The Morgan fingerprint density at radius 1 is 1.14 bits per heavy atom. The summed E-state index contributed by atoms with van der Waals surface area (Å²) in [5, 5.41) is 0.587. The van der Waals surface area contributed by atoms with Gasteiger partial charge in [0.05, 0.1) is 6.26 Å². The Labute approximate surface area is 93.5 Å². The molecule has 0 aliphatic heterocycles. The van der Waals surface area contributed by atoms with E-state index >= 15 is 0 Å². The zero-order valence-electron chi connectivity index (χ0n) is 9.42. The molecule has 0 bridgehead atoms. The van der Waals surface area contributed by atoms with Gasteiger partial charge in [-0.15, -0.1) is 0 Å². The summed E-state index contributed by atoms with van der Waals surface area (Å²) >= 11 is 4.77. The van der Waals surface area contributed by atoms with Crippen molar-refractivity contribution in [3.63, 3.8) is 0 Å². The van der Waals surface area contributed by atoms with Crippen LogP contribution in [0.25, 0.3) is 0 Å². The highest BCUT2D eigenvalue weighted by Crippen LogP contribution is 2.07. The molecule has 2 heteroatoms. The van der Waals surface area contributed by atoms with E-state index in [0.29, 0.717) is 5.05 Å². The molecule has 0 heterocycles. The fraction of sp³-hybridized carbons (Fsp3) is 0.750. The van der Waals surface area contributed by atoms with Crippen molar-refractivity contribution in [2.75, 3.05) is 0 Å². The molecule has 0 aliphatic carbocycles. The Hall–Kier alpha value is -0.370. The first-order chi connectivity index (χ1) is 6.77. The fourth-order valence-corrected chi connectivity index (χ4v) is 1.31. The van der Waals surface area contributed by atoms with Crippen molar-refractivity contribution < 1.29 is 4.74 Å². The Morgan fingerprint density at radius 3 is 2.43 bits per heavy atom. The molecule has 82 valence electrons. The average Bonchev–Trinajstić information content (AvgIpc) is 2.15. The van der Waals surface area contributed by atoms with Gasteiger partial charge >= 0.3 is 0 Å². The molecule has 0 N–H and O–H groups in total. The maximum atomic E-state index is 5.04. The molecule has 0 rings (SSSR count). The van der Waals surface area contributed by atoms with Gasteiger partial charge in [-0.1, -0.05) is 39.0 Å². The Morgan fingerprint density at radius 2 is 1.79 bits per heavy atom. The van der Waals surface area contributed by atoms with Crippen LogP contribution in [0.5, 0.6) is 0 Å². The van der Waals surface area contributed by atoms with Crippen LogP contribution < -0.4 is 0 Å². The molecular formula is C12H22OS. The van der Waals surface area contributed by atoms with Gasteiger partial charge in [0, 0.05) is 6.92 Å². The monoisotopic (exact) mass is 214 g/mol. The highest BCUT2D eigenvalue weighted by molar-refractivity contribution is 7.80. The van der Waals surface area contributed by atoms with Crippen LogP contribution in [0.4, 0.5) is 0 Å². The maximum absolute atomic E-state index is 5.04. The summed E-state index contributed by atoms with van der Waals surface area (Å²) < 4.78 is 5.04. The fourth-order valence-electron chi connectivity index (χ4n) is 1.25. The van der Waals surface area contributed by atoms with Crippen LogP contribution in [-0.4, -0.2) is 5.05 Å². The molecule has 0 aromatic carbocycles. The van der Waals surface area contributed by atoms with E-state index in [2.05, 4.69) is 13.0 Å². The van der Waals surface area contributed by atoms with Crippen molar-refractivity contribution in [3.8, 4) is 0 Å². The molecule has 0 aromatic heterocycles. The number of ether oxygens (including phenoxy) is 1.